The summed E-state index contributed by atoms with van der Waals surface area (Å²) in [5, 5.41) is 0.801. The summed E-state index contributed by atoms with van der Waals surface area (Å²) >= 11 is 11.5. The Kier molecular flexibility index (Phi) is 4.77. The van der Waals surface area contributed by atoms with E-state index in [-0.39, 0.29) is 31.7 Å². The molecule has 144 valence electrons. The average molecular weight is 551 g/mol. The monoisotopic (exact) mass is 548 g/mol. The van der Waals surface area contributed by atoms with Crippen LogP contribution in [0, 0.1) is 34.5 Å². The number of fused-ring (bicyclic) bond motifs is 5. The highest BCUT2D eigenvalue weighted by molar-refractivity contribution is 9.12. The van der Waals surface area contributed by atoms with Gasteiger partial charge in [-0.25, -0.2) is 0 Å². The molecule has 4 aliphatic rings. The number of allylic oxidation sites excluding steroid dienone is 1. The van der Waals surface area contributed by atoms with Crippen molar-refractivity contribution < 1.29 is 9.59 Å². The number of Topliss-reactive ketones (excluding diaryl/α,β-unsaturated/α-hetero) is 1. The van der Waals surface area contributed by atoms with Crippen molar-refractivity contribution in [1.29, 1.82) is 0 Å². The van der Waals surface area contributed by atoms with Gasteiger partial charge in [0, 0.05) is 17.2 Å². The molecule has 0 N–H and O–H groups in total. The fourth-order valence-corrected chi connectivity index (χ4v) is 9.15. The molecule has 0 aromatic rings. The maximum absolute atomic E-state index is 12.7. The smallest absolute Gasteiger partial charge is 0.169 e. The Bertz CT molecular complexity index is 703. The Labute approximate surface area is 181 Å². The normalized spacial score (nSPS) is 53.6. The van der Waals surface area contributed by atoms with E-state index in [1.807, 2.05) is 6.08 Å². The van der Waals surface area contributed by atoms with Gasteiger partial charge < -0.3 is 0 Å². The van der Waals surface area contributed by atoms with Crippen LogP contribution in [0.15, 0.2) is 11.6 Å². The summed E-state index contributed by atoms with van der Waals surface area (Å²) in [6.07, 6.45) is 6.85. The lowest BCUT2D eigenvalue weighted by Crippen LogP contribution is -2.60. The largest absolute Gasteiger partial charge is 0.299 e. The minimum Gasteiger partial charge on any atom is -0.299 e. The summed E-state index contributed by atoms with van der Waals surface area (Å²) in [6, 6.07) is 0. The van der Waals surface area contributed by atoms with E-state index in [0.29, 0.717) is 23.5 Å². The van der Waals surface area contributed by atoms with E-state index < -0.39 is 0 Å². The molecule has 2 unspecified atom stereocenters. The van der Waals surface area contributed by atoms with E-state index in [9.17, 15) is 9.59 Å². The number of hydrogen-bond donors (Lipinski definition) is 0. The minimum atomic E-state index is -0.191. The van der Waals surface area contributed by atoms with Crippen LogP contribution in [0.4, 0.5) is 0 Å². The molecule has 4 rings (SSSR count). The first-order chi connectivity index (χ1) is 12.1. The lowest BCUT2D eigenvalue weighted by molar-refractivity contribution is -0.134. The highest BCUT2D eigenvalue weighted by Crippen LogP contribution is 2.69. The van der Waals surface area contributed by atoms with Gasteiger partial charge in [-0.3, -0.25) is 9.59 Å². The summed E-state index contributed by atoms with van der Waals surface area (Å²) in [7, 11) is 0. The second-order valence-corrected chi connectivity index (χ2v) is 12.6. The van der Waals surface area contributed by atoms with Gasteiger partial charge >= 0.3 is 0 Å². The molecule has 0 heterocycles. The van der Waals surface area contributed by atoms with E-state index in [2.05, 4.69) is 68.6 Å². The third kappa shape index (κ3) is 2.38. The molecule has 26 heavy (non-hydrogen) atoms. The van der Waals surface area contributed by atoms with Crippen molar-refractivity contribution in [2.75, 3.05) is 5.33 Å². The zero-order valence-electron chi connectivity index (χ0n) is 15.7. The Balaban J connectivity index is 1.86. The van der Waals surface area contributed by atoms with Gasteiger partial charge in [-0.15, -0.1) is 0 Å². The summed E-state index contributed by atoms with van der Waals surface area (Å²) < 4.78 is -0.191. The van der Waals surface area contributed by atoms with Crippen LogP contribution in [0.25, 0.3) is 0 Å². The van der Waals surface area contributed by atoms with E-state index in [1.165, 1.54) is 5.57 Å². The van der Waals surface area contributed by atoms with Gasteiger partial charge in [0.2, 0.25) is 0 Å². The minimum absolute atomic E-state index is 0.0186. The van der Waals surface area contributed by atoms with Crippen LogP contribution in [-0.2, 0) is 9.59 Å². The van der Waals surface area contributed by atoms with Crippen molar-refractivity contribution in [1.82, 2.24) is 0 Å². The Hall–Kier alpha value is 0.520. The van der Waals surface area contributed by atoms with Crippen molar-refractivity contribution in [3.8, 4) is 0 Å². The Morgan fingerprint density at radius 3 is 2.54 bits per heavy atom. The quantitative estimate of drug-likeness (QED) is 0.384. The molecule has 0 aromatic carbocycles. The molecule has 4 aliphatic carbocycles. The molecule has 8 atom stereocenters. The number of rotatable bonds is 1. The summed E-state index contributed by atoms with van der Waals surface area (Å²) in [6.45, 7) is 6.85. The summed E-state index contributed by atoms with van der Waals surface area (Å²) in [4.78, 5) is 25.2. The standard InChI is InChI=1S/C21H27Br3O2/c1-11-18(23)15(25)8-16-20(11,3)14-6-7-19(2)13(4-5-17(19)26)12(14)9-21(16,24)10-22/h8,11-14,18H,4-7,9-10H2,1-3H3/t11-,12-,13-,14-,18?,19-,20+,21?/m0/s1. The van der Waals surface area contributed by atoms with E-state index in [1.54, 1.807) is 0 Å². The van der Waals surface area contributed by atoms with Crippen LogP contribution in [0.3, 0.4) is 0 Å². The maximum atomic E-state index is 12.7. The lowest BCUT2D eigenvalue weighted by atomic mass is 9.44. The number of carbonyl (C=O) groups is 2. The molecule has 0 aliphatic heterocycles. The summed E-state index contributed by atoms with van der Waals surface area (Å²) in [5.41, 5.74) is 1.14. The van der Waals surface area contributed by atoms with Crippen LogP contribution < -0.4 is 0 Å². The van der Waals surface area contributed by atoms with Crippen LogP contribution in [-0.4, -0.2) is 26.0 Å². The lowest BCUT2D eigenvalue weighted by Gasteiger charge is -2.63. The first kappa shape index (κ1) is 19.8. The first-order valence-electron chi connectivity index (χ1n) is 9.78. The predicted molar refractivity (Wildman–Crippen MR) is 115 cm³/mol. The van der Waals surface area contributed by atoms with Gasteiger partial charge in [-0.05, 0) is 66.4 Å². The number of alkyl halides is 3. The van der Waals surface area contributed by atoms with Gasteiger partial charge in [0.25, 0.3) is 0 Å². The van der Waals surface area contributed by atoms with Gasteiger partial charge in [0.15, 0.2) is 5.78 Å². The van der Waals surface area contributed by atoms with Crippen LogP contribution in [0.2, 0.25) is 0 Å². The fourth-order valence-electron chi connectivity index (χ4n) is 7.02. The maximum Gasteiger partial charge on any atom is 0.169 e. The molecule has 3 saturated carbocycles. The molecule has 2 nitrogen and oxygen atoms in total. The van der Waals surface area contributed by atoms with Crippen LogP contribution >= 0.6 is 47.8 Å². The fraction of sp³-hybridized carbons (Fsp3) is 0.810. The molecule has 0 saturated heterocycles. The third-order valence-electron chi connectivity index (χ3n) is 8.69. The number of halogens is 3. The Morgan fingerprint density at radius 2 is 1.88 bits per heavy atom. The number of carbonyl (C=O) groups excluding carboxylic acids is 2. The van der Waals surface area contributed by atoms with Crippen LogP contribution in [0.1, 0.15) is 52.9 Å². The molecular weight excluding hydrogens is 524 g/mol. The number of hydrogen-bond acceptors (Lipinski definition) is 2. The second-order valence-electron chi connectivity index (χ2n) is 9.53. The molecule has 0 radical (unpaired) electrons. The van der Waals surface area contributed by atoms with Crippen molar-refractivity contribution in [3.05, 3.63) is 11.6 Å². The van der Waals surface area contributed by atoms with Gasteiger partial charge in [-0.2, -0.15) is 0 Å². The highest BCUT2D eigenvalue weighted by atomic mass is 79.9. The van der Waals surface area contributed by atoms with Crippen LogP contribution in [0.5, 0.6) is 0 Å². The molecular formula is C21H27Br3O2. The topological polar surface area (TPSA) is 34.1 Å². The van der Waals surface area contributed by atoms with E-state index in [4.69, 9.17) is 0 Å². The van der Waals surface area contributed by atoms with E-state index in [0.717, 1.165) is 37.4 Å². The molecule has 0 bridgehead atoms. The average Bonchev–Trinajstić information content (AvgIpc) is 2.91. The van der Waals surface area contributed by atoms with Gasteiger partial charge in [-0.1, -0.05) is 68.6 Å². The zero-order valence-corrected chi connectivity index (χ0v) is 20.4. The first-order valence-corrected chi connectivity index (χ1v) is 12.6. The molecule has 5 heteroatoms. The van der Waals surface area contributed by atoms with E-state index >= 15 is 0 Å². The zero-order chi connectivity index (χ0) is 19.1. The van der Waals surface area contributed by atoms with Gasteiger partial charge in [0.05, 0.1) is 9.15 Å². The molecule has 0 spiro atoms. The van der Waals surface area contributed by atoms with Gasteiger partial charge in [0.1, 0.15) is 5.78 Å². The third-order valence-corrected chi connectivity index (χ3v) is 12.7. The van der Waals surface area contributed by atoms with Crippen molar-refractivity contribution in [2.45, 2.75) is 62.0 Å². The predicted octanol–water partition coefficient (Wildman–Crippen LogP) is 5.85. The summed E-state index contributed by atoms with van der Waals surface area (Å²) in [5.74, 6) is 2.50. The number of ketones is 2. The SMILES string of the molecule is C[C@H]1C(Br)C(=O)C=C2C(Br)(CBr)C[C@@H]3[C@H](CC[C@]4(C)C(=O)CC[C@@H]34)[C@]21C. The Morgan fingerprint density at radius 1 is 1.19 bits per heavy atom. The van der Waals surface area contributed by atoms with Crippen molar-refractivity contribution >= 4 is 59.4 Å². The second kappa shape index (κ2) is 6.26. The highest BCUT2D eigenvalue weighted by Gasteiger charge is 2.65. The molecule has 0 amide bonds. The molecule has 3 fully saturated rings. The molecule has 0 aromatic heterocycles. The van der Waals surface area contributed by atoms with Crippen molar-refractivity contribution in [3.63, 3.8) is 0 Å². The van der Waals surface area contributed by atoms with Crippen molar-refractivity contribution in [2.24, 2.45) is 34.5 Å².